The van der Waals surface area contributed by atoms with Gasteiger partial charge in [-0.25, -0.2) is 8.42 Å². The van der Waals surface area contributed by atoms with Gasteiger partial charge in [0.05, 0.1) is 4.90 Å². The summed E-state index contributed by atoms with van der Waals surface area (Å²) in [6.07, 6.45) is 6.90. The van der Waals surface area contributed by atoms with Crippen molar-refractivity contribution in [1.82, 2.24) is 9.21 Å². The maximum atomic E-state index is 12.9. The lowest BCUT2D eigenvalue weighted by atomic mass is 10.1. The predicted octanol–water partition coefficient (Wildman–Crippen LogP) is 3.61. The van der Waals surface area contributed by atoms with Crippen LogP contribution in [0.15, 0.2) is 59.5 Å². The lowest BCUT2D eigenvalue weighted by molar-refractivity contribution is -0.111. The van der Waals surface area contributed by atoms with Crippen LogP contribution >= 0.6 is 0 Å². The van der Waals surface area contributed by atoms with Crippen molar-refractivity contribution in [1.29, 1.82) is 0 Å². The van der Waals surface area contributed by atoms with Gasteiger partial charge in [-0.3, -0.25) is 9.59 Å². The molecule has 0 aromatic heterocycles. The highest BCUT2D eigenvalue weighted by atomic mass is 32.2. The van der Waals surface area contributed by atoms with Crippen molar-refractivity contribution in [2.75, 3.05) is 32.5 Å². The van der Waals surface area contributed by atoms with E-state index in [9.17, 15) is 18.0 Å². The number of rotatable bonds is 6. The summed E-state index contributed by atoms with van der Waals surface area (Å²) >= 11 is 0. The molecule has 3 rings (SSSR count). The molecule has 1 heterocycles. The van der Waals surface area contributed by atoms with Crippen molar-refractivity contribution < 1.29 is 18.0 Å². The highest BCUT2D eigenvalue weighted by molar-refractivity contribution is 7.89. The average Bonchev–Trinajstić information content (AvgIpc) is 3.08. The number of carbonyl (C=O) groups excluding carboxylic acids is 2. The van der Waals surface area contributed by atoms with Crippen LogP contribution in [0.4, 0.5) is 5.69 Å². The van der Waals surface area contributed by atoms with Crippen LogP contribution in [0, 0.1) is 0 Å². The molecule has 2 aromatic rings. The first-order valence-corrected chi connectivity index (χ1v) is 12.1. The Morgan fingerprint density at radius 3 is 2.25 bits per heavy atom. The lowest BCUT2D eigenvalue weighted by Gasteiger charge is -2.19. The summed E-state index contributed by atoms with van der Waals surface area (Å²) in [6.45, 7) is 1.12. The monoisotopic (exact) mass is 455 g/mol. The Hall–Kier alpha value is -2.97. The second-order valence-electron chi connectivity index (χ2n) is 7.99. The predicted molar refractivity (Wildman–Crippen MR) is 126 cm³/mol. The van der Waals surface area contributed by atoms with Crippen molar-refractivity contribution in [3.63, 3.8) is 0 Å². The number of nitrogens with one attached hydrogen (secondary N) is 1. The molecule has 1 aliphatic heterocycles. The van der Waals surface area contributed by atoms with E-state index in [1.807, 2.05) is 0 Å². The fraction of sp³-hybridized carbons (Fsp3) is 0.333. The third kappa shape index (κ3) is 6.05. The number of carbonyl (C=O) groups is 2. The quantitative estimate of drug-likeness (QED) is 0.674. The Bertz CT molecular complexity index is 1080. The highest BCUT2D eigenvalue weighted by Gasteiger charge is 2.24. The van der Waals surface area contributed by atoms with E-state index in [2.05, 4.69) is 5.32 Å². The van der Waals surface area contributed by atoms with Crippen LogP contribution in [0.2, 0.25) is 0 Å². The molecule has 8 heteroatoms. The molecule has 0 unspecified atom stereocenters. The number of amides is 2. The maximum Gasteiger partial charge on any atom is 0.253 e. The summed E-state index contributed by atoms with van der Waals surface area (Å²) in [7, 11) is -0.158. The lowest BCUT2D eigenvalue weighted by Crippen LogP contribution is -2.31. The zero-order chi connectivity index (χ0) is 23.1. The fourth-order valence-electron chi connectivity index (χ4n) is 3.53. The van der Waals surface area contributed by atoms with Gasteiger partial charge in [0, 0.05) is 44.5 Å². The van der Waals surface area contributed by atoms with Gasteiger partial charge in [0.1, 0.15) is 0 Å². The zero-order valence-corrected chi connectivity index (χ0v) is 19.3. The summed E-state index contributed by atoms with van der Waals surface area (Å²) in [5.41, 5.74) is 1.72. The van der Waals surface area contributed by atoms with Gasteiger partial charge in [-0.05, 0) is 54.8 Å². The standard InChI is InChI=1S/C24H29N3O4S/c1-26(2)24(29)20-8-7-9-21(18-20)25-23(28)15-12-19-10-13-22(14-11-19)32(30,31)27-16-5-3-4-6-17-27/h7-15,18H,3-6,16-17H2,1-2H3,(H,25,28)/b15-12+. The van der Waals surface area contributed by atoms with Crippen molar-refractivity contribution in [3.8, 4) is 0 Å². The van der Waals surface area contributed by atoms with Crippen molar-refractivity contribution in [2.45, 2.75) is 30.6 Å². The van der Waals surface area contributed by atoms with Crippen LogP contribution in [0.25, 0.3) is 6.08 Å². The van der Waals surface area contributed by atoms with E-state index in [-0.39, 0.29) is 16.7 Å². The SMILES string of the molecule is CN(C)C(=O)c1cccc(NC(=O)/C=C/c2ccc(S(=O)(=O)N3CCCCCC3)cc2)c1. The third-order valence-corrected chi connectivity index (χ3v) is 7.21. The minimum Gasteiger partial charge on any atom is -0.345 e. The smallest absolute Gasteiger partial charge is 0.253 e. The molecule has 1 aliphatic rings. The molecule has 1 fully saturated rings. The number of nitrogens with zero attached hydrogens (tertiary/aromatic N) is 2. The van der Waals surface area contributed by atoms with Crippen LogP contribution in [0.3, 0.4) is 0 Å². The Kier molecular flexibility index (Phi) is 7.82. The first-order valence-electron chi connectivity index (χ1n) is 10.7. The molecule has 2 amide bonds. The van der Waals surface area contributed by atoms with Gasteiger partial charge in [0.15, 0.2) is 0 Å². The number of anilines is 1. The molecule has 0 spiro atoms. The van der Waals surface area contributed by atoms with E-state index in [0.29, 0.717) is 29.9 Å². The first-order chi connectivity index (χ1) is 15.3. The summed E-state index contributed by atoms with van der Waals surface area (Å²) in [4.78, 5) is 26.1. The molecule has 1 saturated heterocycles. The molecule has 170 valence electrons. The second-order valence-corrected chi connectivity index (χ2v) is 9.93. The third-order valence-electron chi connectivity index (χ3n) is 5.29. The molecule has 0 saturated carbocycles. The number of hydrogen-bond donors (Lipinski definition) is 1. The van der Waals surface area contributed by atoms with Gasteiger partial charge in [0.2, 0.25) is 15.9 Å². The number of sulfonamides is 1. The van der Waals surface area contributed by atoms with Gasteiger partial charge >= 0.3 is 0 Å². The molecule has 0 aliphatic carbocycles. The zero-order valence-electron chi connectivity index (χ0n) is 18.5. The fourth-order valence-corrected chi connectivity index (χ4v) is 5.04. The van der Waals surface area contributed by atoms with E-state index < -0.39 is 10.0 Å². The van der Waals surface area contributed by atoms with E-state index in [1.165, 1.54) is 11.0 Å². The van der Waals surface area contributed by atoms with Gasteiger partial charge < -0.3 is 10.2 Å². The molecule has 2 aromatic carbocycles. The second kappa shape index (κ2) is 10.6. The summed E-state index contributed by atoms with van der Waals surface area (Å²) < 4.78 is 27.3. The minimum atomic E-state index is -3.49. The summed E-state index contributed by atoms with van der Waals surface area (Å²) in [6, 6.07) is 13.3. The number of benzene rings is 2. The van der Waals surface area contributed by atoms with Crippen LogP contribution in [0.5, 0.6) is 0 Å². The molecule has 0 atom stereocenters. The minimum absolute atomic E-state index is 0.146. The van der Waals surface area contributed by atoms with Gasteiger partial charge in [-0.15, -0.1) is 0 Å². The molecule has 0 bridgehead atoms. The molecule has 32 heavy (non-hydrogen) atoms. The van der Waals surface area contributed by atoms with E-state index in [4.69, 9.17) is 0 Å². The van der Waals surface area contributed by atoms with Gasteiger partial charge in [0.25, 0.3) is 5.91 Å². The van der Waals surface area contributed by atoms with Crippen molar-refractivity contribution >= 4 is 33.6 Å². The van der Waals surface area contributed by atoms with Crippen molar-refractivity contribution in [3.05, 3.63) is 65.7 Å². The molecule has 1 N–H and O–H groups in total. The summed E-state index contributed by atoms with van der Waals surface area (Å²) in [5, 5.41) is 2.73. The normalized spacial score (nSPS) is 15.3. The first kappa shape index (κ1) is 23.7. The van der Waals surface area contributed by atoms with Crippen LogP contribution in [-0.2, 0) is 14.8 Å². The summed E-state index contributed by atoms with van der Waals surface area (Å²) in [5.74, 6) is -0.493. The Balaban J connectivity index is 1.64. The van der Waals surface area contributed by atoms with Crippen LogP contribution < -0.4 is 5.32 Å². The largest absolute Gasteiger partial charge is 0.345 e. The molecular weight excluding hydrogens is 426 g/mol. The van der Waals surface area contributed by atoms with E-state index >= 15 is 0 Å². The van der Waals surface area contributed by atoms with Crippen LogP contribution in [0.1, 0.15) is 41.6 Å². The Morgan fingerprint density at radius 2 is 1.62 bits per heavy atom. The maximum absolute atomic E-state index is 12.9. The van der Waals surface area contributed by atoms with E-state index in [0.717, 1.165) is 25.7 Å². The van der Waals surface area contributed by atoms with Gasteiger partial charge in [-0.2, -0.15) is 4.31 Å². The van der Waals surface area contributed by atoms with Crippen molar-refractivity contribution in [2.24, 2.45) is 0 Å². The Labute approximate surface area is 189 Å². The average molecular weight is 456 g/mol. The topological polar surface area (TPSA) is 86.8 Å². The van der Waals surface area contributed by atoms with Crippen LogP contribution in [-0.4, -0.2) is 56.6 Å². The molecule has 0 radical (unpaired) electrons. The number of hydrogen-bond acceptors (Lipinski definition) is 4. The highest BCUT2D eigenvalue weighted by Crippen LogP contribution is 2.21. The molecular formula is C24H29N3O4S. The Morgan fingerprint density at radius 1 is 0.969 bits per heavy atom. The molecule has 7 nitrogen and oxygen atoms in total. The van der Waals surface area contributed by atoms with E-state index in [1.54, 1.807) is 73.0 Å². The van der Waals surface area contributed by atoms with Gasteiger partial charge in [-0.1, -0.05) is 31.0 Å².